The second kappa shape index (κ2) is 11.3. The van der Waals surface area contributed by atoms with E-state index in [-0.39, 0.29) is 13.0 Å². The van der Waals surface area contributed by atoms with Crippen LogP contribution in [0.15, 0.2) is 67.0 Å². The fraction of sp³-hybridized carbons (Fsp3) is 0.250. The van der Waals surface area contributed by atoms with Crippen molar-refractivity contribution in [1.29, 1.82) is 0 Å². The monoisotopic (exact) mass is 471 g/mol. The summed E-state index contributed by atoms with van der Waals surface area (Å²) in [6.45, 7) is 5.34. The largest absolute Gasteiger partial charge is 0.490 e. The number of nitrogens with zero attached hydrogens (tertiary/aromatic N) is 2. The number of aryl methyl sites for hydroxylation is 1. The van der Waals surface area contributed by atoms with Crippen molar-refractivity contribution in [2.45, 2.75) is 26.7 Å². The number of aliphatic carboxylic acids is 1. The molecule has 0 bridgehead atoms. The Hall–Kier alpha value is -4.13. The fourth-order valence-electron chi connectivity index (χ4n) is 3.98. The van der Waals surface area contributed by atoms with Crippen LogP contribution in [0.25, 0.3) is 22.0 Å². The van der Waals surface area contributed by atoms with Crippen LogP contribution in [0.1, 0.15) is 24.5 Å². The molecule has 0 fully saturated rings. The maximum Gasteiger partial charge on any atom is 0.306 e. The second-order valence-corrected chi connectivity index (χ2v) is 8.12. The van der Waals surface area contributed by atoms with Crippen molar-refractivity contribution in [3.05, 3.63) is 78.1 Å². The number of benzene rings is 3. The molecule has 7 nitrogen and oxygen atoms in total. The van der Waals surface area contributed by atoms with Gasteiger partial charge in [0, 0.05) is 18.2 Å². The van der Waals surface area contributed by atoms with Crippen molar-refractivity contribution in [3.8, 4) is 22.8 Å². The second-order valence-electron chi connectivity index (χ2n) is 8.12. The summed E-state index contributed by atoms with van der Waals surface area (Å²) in [5.74, 6) is 0.898. The number of aromatic nitrogens is 2. The molecule has 0 aliphatic carbocycles. The standard InChI is InChI=1S/C28H29N3O4/c1-3-34-26-16-22(10-11-25(26)35-15-13-28(32)33)24-17-27(31-18-30-24)29-14-12-20-8-9-21-6-4-5-7-23(21)19(20)2/h4-11,16-18H,3,12-15H2,1-2H3,(H,32,33)(H,29,30,31). The quantitative estimate of drug-likeness (QED) is 0.298. The van der Waals surface area contributed by atoms with Gasteiger partial charge in [-0.3, -0.25) is 4.79 Å². The minimum atomic E-state index is -0.906. The number of nitrogens with one attached hydrogen (secondary N) is 1. The molecule has 4 aromatic rings. The van der Waals surface area contributed by atoms with E-state index in [0.29, 0.717) is 18.1 Å². The normalized spacial score (nSPS) is 10.8. The summed E-state index contributed by atoms with van der Waals surface area (Å²) in [7, 11) is 0. The Morgan fingerprint density at radius 1 is 1.00 bits per heavy atom. The van der Waals surface area contributed by atoms with Gasteiger partial charge in [0.15, 0.2) is 11.5 Å². The number of rotatable bonds is 11. The van der Waals surface area contributed by atoms with Gasteiger partial charge < -0.3 is 19.9 Å². The molecule has 1 heterocycles. The first-order chi connectivity index (χ1) is 17.0. The van der Waals surface area contributed by atoms with E-state index in [2.05, 4.69) is 58.6 Å². The molecule has 35 heavy (non-hydrogen) atoms. The molecule has 1 aromatic heterocycles. The third-order valence-electron chi connectivity index (χ3n) is 5.79. The van der Waals surface area contributed by atoms with Crippen molar-refractivity contribution in [2.75, 3.05) is 25.1 Å². The third kappa shape index (κ3) is 6.06. The van der Waals surface area contributed by atoms with Gasteiger partial charge in [-0.1, -0.05) is 36.4 Å². The number of carbonyl (C=O) groups is 1. The van der Waals surface area contributed by atoms with Gasteiger partial charge >= 0.3 is 5.97 Å². The van der Waals surface area contributed by atoms with Crippen molar-refractivity contribution < 1.29 is 19.4 Å². The average Bonchev–Trinajstić information content (AvgIpc) is 2.86. The number of carboxylic acids is 1. The predicted molar refractivity (Wildman–Crippen MR) is 137 cm³/mol. The number of fused-ring (bicyclic) bond motifs is 1. The molecule has 3 aromatic carbocycles. The van der Waals surface area contributed by atoms with E-state index in [1.54, 1.807) is 6.07 Å². The van der Waals surface area contributed by atoms with Gasteiger partial charge in [-0.05, 0) is 60.4 Å². The van der Waals surface area contributed by atoms with E-state index in [9.17, 15) is 4.79 Å². The first kappa shape index (κ1) is 24.0. The predicted octanol–water partition coefficient (Wildman–Crippen LogP) is 5.51. The first-order valence-electron chi connectivity index (χ1n) is 11.7. The van der Waals surface area contributed by atoms with Crippen molar-refractivity contribution in [1.82, 2.24) is 9.97 Å². The maximum atomic E-state index is 10.8. The van der Waals surface area contributed by atoms with Crippen LogP contribution in [0.4, 0.5) is 5.82 Å². The molecule has 0 aliphatic heterocycles. The molecule has 0 saturated heterocycles. The van der Waals surface area contributed by atoms with Crippen LogP contribution in [0.3, 0.4) is 0 Å². The number of hydrogen-bond donors (Lipinski definition) is 2. The highest BCUT2D eigenvalue weighted by atomic mass is 16.5. The Morgan fingerprint density at radius 3 is 2.69 bits per heavy atom. The van der Waals surface area contributed by atoms with Gasteiger partial charge in [0.05, 0.1) is 25.3 Å². The molecular weight excluding hydrogens is 442 g/mol. The summed E-state index contributed by atoms with van der Waals surface area (Å²) in [4.78, 5) is 19.5. The Morgan fingerprint density at radius 2 is 1.86 bits per heavy atom. The first-order valence-corrected chi connectivity index (χ1v) is 11.7. The lowest BCUT2D eigenvalue weighted by atomic mass is 9.98. The topological polar surface area (TPSA) is 93.6 Å². The van der Waals surface area contributed by atoms with E-state index in [0.717, 1.165) is 30.0 Å². The Kier molecular flexibility index (Phi) is 7.77. The van der Waals surface area contributed by atoms with Gasteiger partial charge in [0.25, 0.3) is 0 Å². The highest BCUT2D eigenvalue weighted by molar-refractivity contribution is 5.86. The van der Waals surface area contributed by atoms with Crippen molar-refractivity contribution in [3.63, 3.8) is 0 Å². The lowest BCUT2D eigenvalue weighted by Crippen LogP contribution is -2.08. The van der Waals surface area contributed by atoms with E-state index in [1.165, 1.54) is 28.2 Å². The average molecular weight is 472 g/mol. The fourth-order valence-corrected chi connectivity index (χ4v) is 3.98. The van der Waals surface area contributed by atoms with Crippen LogP contribution in [0, 0.1) is 6.92 Å². The van der Waals surface area contributed by atoms with Crippen LogP contribution >= 0.6 is 0 Å². The Balaban J connectivity index is 1.44. The highest BCUT2D eigenvalue weighted by Crippen LogP contribution is 2.33. The molecule has 0 amide bonds. The van der Waals surface area contributed by atoms with Crippen molar-refractivity contribution in [2.24, 2.45) is 0 Å². The summed E-state index contributed by atoms with van der Waals surface area (Å²) < 4.78 is 11.3. The zero-order chi connectivity index (χ0) is 24.6. The smallest absolute Gasteiger partial charge is 0.306 e. The zero-order valence-corrected chi connectivity index (χ0v) is 20.0. The molecule has 0 unspecified atom stereocenters. The Labute approximate surface area is 204 Å². The summed E-state index contributed by atoms with van der Waals surface area (Å²) in [5, 5.41) is 14.8. The molecule has 4 rings (SSSR count). The van der Waals surface area contributed by atoms with E-state index >= 15 is 0 Å². The highest BCUT2D eigenvalue weighted by Gasteiger charge is 2.11. The van der Waals surface area contributed by atoms with Gasteiger partial charge in [0.2, 0.25) is 0 Å². The number of hydrogen-bond acceptors (Lipinski definition) is 6. The molecular formula is C28H29N3O4. The summed E-state index contributed by atoms with van der Waals surface area (Å²) in [6, 6.07) is 20.2. The lowest BCUT2D eigenvalue weighted by Gasteiger charge is -2.13. The number of carboxylic acid groups (broad SMARTS) is 1. The zero-order valence-electron chi connectivity index (χ0n) is 20.0. The van der Waals surface area contributed by atoms with E-state index in [4.69, 9.17) is 14.6 Å². The minimum absolute atomic E-state index is 0.0764. The molecule has 2 N–H and O–H groups in total. The van der Waals surface area contributed by atoms with Gasteiger partial charge in [-0.2, -0.15) is 0 Å². The summed E-state index contributed by atoms with van der Waals surface area (Å²) in [5.41, 5.74) is 4.23. The molecule has 7 heteroatoms. The van der Waals surface area contributed by atoms with Crippen molar-refractivity contribution >= 4 is 22.6 Å². The molecule has 0 saturated carbocycles. The molecule has 0 spiro atoms. The number of anilines is 1. The van der Waals surface area contributed by atoms with E-state index < -0.39 is 5.97 Å². The minimum Gasteiger partial charge on any atom is -0.490 e. The molecule has 0 atom stereocenters. The van der Waals surface area contributed by atoms with E-state index in [1.807, 2.05) is 25.1 Å². The SMILES string of the molecule is CCOc1cc(-c2cc(NCCc3ccc4ccccc4c3C)ncn2)ccc1OCCC(=O)O. The van der Waals surface area contributed by atoms with Crippen LogP contribution in [-0.4, -0.2) is 40.8 Å². The van der Waals surface area contributed by atoms with Gasteiger partial charge in [0.1, 0.15) is 12.1 Å². The van der Waals surface area contributed by atoms with Crippen LogP contribution < -0.4 is 14.8 Å². The molecule has 180 valence electrons. The third-order valence-corrected chi connectivity index (χ3v) is 5.79. The lowest BCUT2D eigenvalue weighted by molar-refractivity contribution is -0.137. The molecule has 0 radical (unpaired) electrons. The summed E-state index contributed by atoms with van der Waals surface area (Å²) >= 11 is 0. The maximum absolute atomic E-state index is 10.8. The van der Waals surface area contributed by atoms with Gasteiger partial charge in [-0.25, -0.2) is 9.97 Å². The summed E-state index contributed by atoms with van der Waals surface area (Å²) in [6.07, 6.45) is 2.34. The van der Waals surface area contributed by atoms with Gasteiger partial charge in [-0.15, -0.1) is 0 Å². The Bertz CT molecular complexity index is 1320. The molecule has 0 aliphatic rings. The number of ether oxygens (including phenoxy) is 2. The van der Waals surface area contributed by atoms with Crippen LogP contribution in [0.5, 0.6) is 11.5 Å². The van der Waals surface area contributed by atoms with Crippen LogP contribution in [-0.2, 0) is 11.2 Å². The van der Waals surface area contributed by atoms with Crippen LogP contribution in [0.2, 0.25) is 0 Å².